The first-order valence-electron chi connectivity index (χ1n) is 5.05. The van der Waals surface area contributed by atoms with Gasteiger partial charge in [-0.2, -0.15) is 0 Å². The second-order valence-corrected chi connectivity index (χ2v) is 5.41. The van der Waals surface area contributed by atoms with E-state index >= 15 is 0 Å². The Morgan fingerprint density at radius 1 is 0.944 bits per heavy atom. The number of alkyl halides is 2. The Hall–Kier alpha value is -1.09. The summed E-state index contributed by atoms with van der Waals surface area (Å²) in [5.41, 5.74) is 0.909. The van der Waals surface area contributed by atoms with E-state index in [0.29, 0.717) is 0 Å². The lowest BCUT2D eigenvalue weighted by Crippen LogP contribution is -2.29. The molecule has 0 aromatic heterocycles. The number of hydrogen-bond acceptors (Lipinski definition) is 2. The number of hydrogen-bond donors (Lipinski definition) is 0. The molecule has 1 aliphatic carbocycles. The lowest BCUT2D eigenvalue weighted by atomic mass is 10.1. The smallest absolute Gasteiger partial charge is 0.243 e. The summed E-state index contributed by atoms with van der Waals surface area (Å²) < 4.78 is -2.09. The third-order valence-corrected chi connectivity index (χ3v) is 3.55. The van der Waals surface area contributed by atoms with E-state index in [4.69, 9.17) is 34.8 Å². The number of halogens is 3. The first-order chi connectivity index (χ1) is 8.44. The van der Waals surface area contributed by atoms with Crippen molar-refractivity contribution in [1.29, 1.82) is 0 Å². The highest BCUT2D eigenvalue weighted by Crippen LogP contribution is 2.39. The molecule has 0 amide bonds. The molecule has 0 spiro atoms. The van der Waals surface area contributed by atoms with Gasteiger partial charge < -0.3 is 0 Å². The lowest BCUT2D eigenvalue weighted by molar-refractivity contribution is -0.121. The highest BCUT2D eigenvalue weighted by molar-refractivity contribution is 6.76. The summed E-state index contributed by atoms with van der Waals surface area (Å²) >= 11 is 17.1. The van der Waals surface area contributed by atoms with Crippen LogP contribution in [0.3, 0.4) is 0 Å². The standard InChI is InChI=1S/C13H7Cl3O2/c14-10-9(11(17)13(15,16)12(10)18)7-6-8-4-2-1-3-5-8/h1-7H/b7-6+. The molecule has 0 heterocycles. The lowest BCUT2D eigenvalue weighted by Gasteiger charge is -2.06. The molecule has 0 fully saturated rings. The summed E-state index contributed by atoms with van der Waals surface area (Å²) in [4.78, 5) is 23.3. The maximum Gasteiger partial charge on any atom is 0.243 e. The minimum absolute atomic E-state index is 0.0375. The fourth-order valence-electron chi connectivity index (χ4n) is 1.52. The van der Waals surface area contributed by atoms with Crippen molar-refractivity contribution in [2.24, 2.45) is 0 Å². The van der Waals surface area contributed by atoms with Gasteiger partial charge in [-0.05, 0) is 11.6 Å². The highest BCUT2D eigenvalue weighted by Gasteiger charge is 2.51. The van der Waals surface area contributed by atoms with Crippen molar-refractivity contribution in [3.8, 4) is 0 Å². The molecule has 1 aromatic carbocycles. The van der Waals surface area contributed by atoms with Gasteiger partial charge >= 0.3 is 0 Å². The van der Waals surface area contributed by atoms with E-state index in [1.54, 1.807) is 6.08 Å². The number of carbonyl (C=O) groups is 2. The number of rotatable bonds is 2. The maximum atomic E-state index is 11.8. The van der Waals surface area contributed by atoms with E-state index in [-0.39, 0.29) is 10.6 Å². The molecule has 0 bridgehead atoms. The topological polar surface area (TPSA) is 34.1 Å². The van der Waals surface area contributed by atoms with E-state index in [2.05, 4.69) is 0 Å². The molecule has 0 atom stereocenters. The van der Waals surface area contributed by atoms with Gasteiger partial charge in [-0.3, -0.25) is 9.59 Å². The second kappa shape index (κ2) is 4.88. The Balaban J connectivity index is 2.33. The van der Waals surface area contributed by atoms with Gasteiger partial charge in [0.15, 0.2) is 0 Å². The van der Waals surface area contributed by atoms with Gasteiger partial charge in [0.1, 0.15) is 0 Å². The number of ketones is 2. The summed E-state index contributed by atoms with van der Waals surface area (Å²) in [5.74, 6) is -1.46. The number of carbonyl (C=O) groups excluding carboxylic acids is 2. The van der Waals surface area contributed by atoms with Crippen molar-refractivity contribution in [3.63, 3.8) is 0 Å². The van der Waals surface area contributed by atoms with E-state index in [1.165, 1.54) is 6.08 Å². The van der Waals surface area contributed by atoms with Crippen LogP contribution < -0.4 is 0 Å². The summed E-state index contributed by atoms with van der Waals surface area (Å²) in [5, 5.41) is -0.225. The molecule has 0 radical (unpaired) electrons. The zero-order valence-electron chi connectivity index (χ0n) is 8.99. The molecule has 0 N–H and O–H groups in total. The molecule has 1 aliphatic rings. The van der Waals surface area contributed by atoms with Crippen LogP contribution in [-0.4, -0.2) is 15.9 Å². The molecule has 2 nitrogen and oxygen atoms in total. The first-order valence-corrected chi connectivity index (χ1v) is 6.18. The van der Waals surface area contributed by atoms with Crippen LogP contribution in [0.15, 0.2) is 47.0 Å². The van der Waals surface area contributed by atoms with Crippen LogP contribution >= 0.6 is 34.8 Å². The number of benzene rings is 1. The summed E-state index contributed by atoms with van der Waals surface area (Å²) in [7, 11) is 0. The average Bonchev–Trinajstić information content (AvgIpc) is 2.51. The molecule has 0 aliphatic heterocycles. The summed E-state index contributed by atoms with van der Waals surface area (Å²) in [6.45, 7) is 0. The first kappa shape index (κ1) is 13.3. The average molecular weight is 302 g/mol. The van der Waals surface area contributed by atoms with E-state index in [0.717, 1.165) is 5.56 Å². The van der Waals surface area contributed by atoms with Gasteiger partial charge in [-0.25, -0.2) is 0 Å². The monoisotopic (exact) mass is 300 g/mol. The van der Waals surface area contributed by atoms with Crippen molar-refractivity contribution in [2.75, 3.05) is 0 Å². The molecule has 0 saturated heterocycles. The van der Waals surface area contributed by atoms with Crippen molar-refractivity contribution >= 4 is 52.4 Å². The fourth-order valence-corrected chi connectivity index (χ4v) is 2.30. The van der Waals surface area contributed by atoms with Gasteiger partial charge in [0.25, 0.3) is 0 Å². The van der Waals surface area contributed by atoms with Crippen LogP contribution in [0.1, 0.15) is 5.56 Å². The van der Waals surface area contributed by atoms with E-state index < -0.39 is 15.9 Å². The van der Waals surface area contributed by atoms with Gasteiger partial charge in [-0.15, -0.1) is 0 Å². The number of allylic oxidation sites excluding steroid dienone is 3. The van der Waals surface area contributed by atoms with Crippen LogP contribution in [-0.2, 0) is 9.59 Å². The Morgan fingerprint density at radius 2 is 1.56 bits per heavy atom. The quantitative estimate of drug-likeness (QED) is 0.619. The van der Waals surface area contributed by atoms with Crippen LogP contribution in [0.2, 0.25) is 0 Å². The summed E-state index contributed by atoms with van der Waals surface area (Å²) in [6, 6.07) is 9.27. The third kappa shape index (κ3) is 2.24. The van der Waals surface area contributed by atoms with Crippen LogP contribution in [0.5, 0.6) is 0 Å². The number of Topliss-reactive ketones (excluding diaryl/α,β-unsaturated/α-hetero) is 2. The molecule has 18 heavy (non-hydrogen) atoms. The van der Waals surface area contributed by atoms with Gasteiger partial charge in [-0.1, -0.05) is 71.2 Å². The Morgan fingerprint density at radius 3 is 2.06 bits per heavy atom. The predicted molar refractivity (Wildman–Crippen MR) is 72.8 cm³/mol. The van der Waals surface area contributed by atoms with Gasteiger partial charge in [0.05, 0.1) is 5.03 Å². The molecule has 0 unspecified atom stereocenters. The van der Waals surface area contributed by atoms with Crippen LogP contribution in [0.4, 0.5) is 0 Å². The third-order valence-electron chi connectivity index (χ3n) is 2.49. The van der Waals surface area contributed by atoms with Crippen LogP contribution in [0, 0.1) is 0 Å². The van der Waals surface area contributed by atoms with Crippen molar-refractivity contribution < 1.29 is 9.59 Å². The molecular weight excluding hydrogens is 294 g/mol. The second-order valence-electron chi connectivity index (χ2n) is 3.70. The molecule has 92 valence electrons. The van der Waals surface area contributed by atoms with Gasteiger partial charge in [0, 0.05) is 5.57 Å². The largest absolute Gasteiger partial charge is 0.290 e. The van der Waals surface area contributed by atoms with Crippen LogP contribution in [0.25, 0.3) is 6.08 Å². The molecular formula is C13H7Cl3O2. The SMILES string of the molecule is O=C1C(Cl)=C(/C=C/c2ccccc2)C(=O)C1(Cl)Cl. The zero-order valence-corrected chi connectivity index (χ0v) is 11.3. The Kier molecular flexibility index (Phi) is 3.62. The van der Waals surface area contributed by atoms with Crippen molar-refractivity contribution in [2.45, 2.75) is 4.33 Å². The van der Waals surface area contributed by atoms with E-state index in [9.17, 15) is 9.59 Å². The fraction of sp³-hybridized carbons (Fsp3) is 0.0769. The van der Waals surface area contributed by atoms with Crippen molar-refractivity contribution in [1.82, 2.24) is 0 Å². The van der Waals surface area contributed by atoms with Gasteiger partial charge in [0.2, 0.25) is 15.9 Å². The minimum atomic E-state index is -2.09. The Bertz CT molecular complexity index is 571. The Labute approximate surface area is 119 Å². The maximum absolute atomic E-state index is 11.8. The molecule has 0 saturated carbocycles. The highest BCUT2D eigenvalue weighted by atomic mass is 35.5. The van der Waals surface area contributed by atoms with E-state index in [1.807, 2.05) is 30.3 Å². The summed E-state index contributed by atoms with van der Waals surface area (Å²) in [6.07, 6.45) is 3.11. The molecule has 2 rings (SSSR count). The molecule has 5 heteroatoms. The van der Waals surface area contributed by atoms with Crippen molar-refractivity contribution in [3.05, 3.63) is 52.6 Å². The molecule has 1 aromatic rings. The minimum Gasteiger partial charge on any atom is -0.290 e. The predicted octanol–water partition coefficient (Wildman–Crippen LogP) is 3.52. The normalized spacial score (nSPS) is 19.1. The zero-order chi connectivity index (χ0) is 13.3.